The van der Waals surface area contributed by atoms with Crippen molar-refractivity contribution < 1.29 is 9.47 Å². The lowest BCUT2D eigenvalue weighted by atomic mass is 9.85. The summed E-state index contributed by atoms with van der Waals surface area (Å²) in [4.78, 5) is 12.5. The molecule has 1 aromatic carbocycles. The van der Waals surface area contributed by atoms with Gasteiger partial charge < -0.3 is 14.4 Å². The van der Waals surface area contributed by atoms with E-state index in [2.05, 4.69) is 21.8 Å². The van der Waals surface area contributed by atoms with Crippen LogP contribution in [0, 0.1) is 18.8 Å². The third-order valence-corrected chi connectivity index (χ3v) is 7.41. The highest BCUT2D eigenvalue weighted by molar-refractivity contribution is 7.98. The van der Waals surface area contributed by atoms with Crippen LogP contribution >= 0.6 is 11.8 Å². The van der Waals surface area contributed by atoms with Crippen molar-refractivity contribution >= 4 is 23.2 Å². The van der Waals surface area contributed by atoms with E-state index in [1.807, 2.05) is 25.3 Å². The minimum absolute atomic E-state index is 0.752. The summed E-state index contributed by atoms with van der Waals surface area (Å²) in [7, 11) is 3.39. The lowest BCUT2D eigenvalue weighted by Gasteiger charge is -2.33. The van der Waals surface area contributed by atoms with Crippen LogP contribution < -0.4 is 14.4 Å². The third-order valence-electron chi connectivity index (χ3n) is 6.74. The summed E-state index contributed by atoms with van der Waals surface area (Å²) in [6, 6.07) is 4.05. The van der Waals surface area contributed by atoms with Gasteiger partial charge in [0.05, 0.1) is 19.8 Å². The Balaban J connectivity index is 1.67. The maximum atomic E-state index is 5.75. The van der Waals surface area contributed by atoms with Crippen molar-refractivity contribution in [3.05, 3.63) is 30.1 Å². The van der Waals surface area contributed by atoms with E-state index in [9.17, 15) is 0 Å². The van der Waals surface area contributed by atoms with Crippen LogP contribution in [0.4, 0.5) is 5.82 Å². The van der Waals surface area contributed by atoms with Gasteiger partial charge in [-0.05, 0) is 68.4 Å². The van der Waals surface area contributed by atoms with Gasteiger partial charge in [0.1, 0.15) is 28.0 Å². The van der Waals surface area contributed by atoms with Crippen LogP contribution in [0.5, 0.6) is 11.5 Å². The zero-order chi connectivity index (χ0) is 22.2. The number of aryl methyl sites for hydroxylation is 1. The molecule has 0 atom stereocenters. The first-order valence-electron chi connectivity index (χ1n) is 11.5. The van der Waals surface area contributed by atoms with Crippen LogP contribution in [0.25, 0.3) is 16.9 Å². The van der Waals surface area contributed by atoms with Crippen LogP contribution in [-0.2, 0) is 0 Å². The van der Waals surface area contributed by atoms with Crippen LogP contribution in [0.3, 0.4) is 0 Å². The van der Waals surface area contributed by atoms with E-state index in [0.717, 1.165) is 63.9 Å². The zero-order valence-corrected chi connectivity index (χ0v) is 20.2. The number of hydrogen-bond donors (Lipinski definition) is 0. The van der Waals surface area contributed by atoms with Gasteiger partial charge in [0, 0.05) is 25.5 Å². The van der Waals surface area contributed by atoms with Gasteiger partial charge in [-0.15, -0.1) is 11.8 Å². The van der Waals surface area contributed by atoms with Crippen LogP contribution in [0.15, 0.2) is 29.6 Å². The van der Waals surface area contributed by atoms with E-state index >= 15 is 0 Å². The molecule has 170 valence electrons. The summed E-state index contributed by atoms with van der Waals surface area (Å²) in [5.41, 5.74) is 3.57. The second kappa shape index (κ2) is 8.85. The molecular weight excluding hydrogens is 420 g/mol. The molecule has 2 heterocycles. The Morgan fingerprint density at radius 1 is 1.06 bits per heavy atom. The fraction of sp³-hybridized carbons (Fsp3) is 0.520. The number of thioether (sulfide) groups is 1. The predicted octanol–water partition coefficient (Wildman–Crippen LogP) is 5.46. The van der Waals surface area contributed by atoms with E-state index in [4.69, 9.17) is 19.4 Å². The van der Waals surface area contributed by atoms with Crippen molar-refractivity contribution in [3.63, 3.8) is 0 Å². The third kappa shape index (κ3) is 3.91. The maximum absolute atomic E-state index is 5.75. The highest BCUT2D eigenvalue weighted by Gasteiger charge is 2.31. The topological polar surface area (TPSA) is 51.9 Å². The van der Waals surface area contributed by atoms with Gasteiger partial charge in [0.15, 0.2) is 5.65 Å². The first kappa shape index (κ1) is 21.4. The normalized spacial score (nSPS) is 16.2. The number of methoxy groups -OCH3 is 2. The maximum Gasteiger partial charge on any atom is 0.166 e. The van der Waals surface area contributed by atoms with E-state index in [0.29, 0.717) is 0 Å². The Hall–Kier alpha value is -2.41. The molecular formula is C25H32N4O2S. The number of rotatable bonds is 9. The van der Waals surface area contributed by atoms with E-state index in [1.54, 1.807) is 26.0 Å². The number of nitrogens with zero attached hydrogens (tertiary/aromatic N) is 4. The van der Waals surface area contributed by atoms with Gasteiger partial charge in [-0.2, -0.15) is 0 Å². The molecule has 5 rings (SSSR count). The fourth-order valence-corrected chi connectivity index (χ4v) is 5.26. The molecule has 2 saturated carbocycles. The Morgan fingerprint density at radius 2 is 1.72 bits per heavy atom. The summed E-state index contributed by atoms with van der Waals surface area (Å²) in [5, 5.41) is 1.06. The largest absolute Gasteiger partial charge is 0.496 e. The molecule has 0 N–H and O–H groups in total. The molecule has 2 aliphatic carbocycles. The molecule has 6 nitrogen and oxygen atoms in total. The van der Waals surface area contributed by atoms with Gasteiger partial charge in [-0.25, -0.2) is 4.98 Å². The molecule has 0 bridgehead atoms. The number of aromatic nitrogens is 3. The van der Waals surface area contributed by atoms with Gasteiger partial charge in [0.25, 0.3) is 0 Å². The summed E-state index contributed by atoms with van der Waals surface area (Å²) in [6.45, 7) is 4.28. The van der Waals surface area contributed by atoms with Gasteiger partial charge in [-0.3, -0.25) is 9.38 Å². The molecule has 0 radical (unpaired) electrons. The second-order valence-electron chi connectivity index (χ2n) is 9.10. The average Bonchev–Trinajstić information content (AvgIpc) is 3.51. The van der Waals surface area contributed by atoms with Crippen LogP contribution in [0.2, 0.25) is 0 Å². The van der Waals surface area contributed by atoms with Gasteiger partial charge in [0.2, 0.25) is 0 Å². The van der Waals surface area contributed by atoms with E-state index in [-0.39, 0.29) is 0 Å². The first-order chi connectivity index (χ1) is 15.6. The van der Waals surface area contributed by atoms with Crippen molar-refractivity contribution in [1.82, 2.24) is 14.4 Å². The molecule has 7 heteroatoms. The van der Waals surface area contributed by atoms with Gasteiger partial charge in [-0.1, -0.05) is 6.42 Å². The number of imidazole rings is 1. The molecule has 0 saturated heterocycles. The molecule has 2 aromatic heterocycles. The number of benzene rings is 1. The highest BCUT2D eigenvalue weighted by Crippen LogP contribution is 2.43. The molecule has 32 heavy (non-hydrogen) atoms. The zero-order valence-electron chi connectivity index (χ0n) is 19.4. The number of hydrogen-bond acceptors (Lipinski definition) is 6. The van der Waals surface area contributed by atoms with E-state index < -0.39 is 0 Å². The van der Waals surface area contributed by atoms with Crippen molar-refractivity contribution in [2.75, 3.05) is 38.5 Å². The molecule has 0 aliphatic heterocycles. The van der Waals surface area contributed by atoms with Crippen molar-refractivity contribution in [2.24, 2.45) is 11.8 Å². The minimum atomic E-state index is 0.752. The van der Waals surface area contributed by atoms with Crippen molar-refractivity contribution in [1.29, 1.82) is 0 Å². The molecule has 2 aliphatic rings. The summed E-state index contributed by atoms with van der Waals surface area (Å²) in [5.74, 6) is 4.32. The fourth-order valence-electron chi connectivity index (χ4n) is 4.67. The SMILES string of the molecule is COc1cc(C)cc(OC)c1-c1nccn2c(N(CC3CCC3)CC3CC3)c(SC)nc12. The lowest BCUT2D eigenvalue weighted by molar-refractivity contribution is 0.315. The summed E-state index contributed by atoms with van der Waals surface area (Å²) < 4.78 is 13.7. The molecule has 0 spiro atoms. The Kier molecular flexibility index (Phi) is 5.93. The average molecular weight is 453 g/mol. The lowest BCUT2D eigenvalue weighted by Crippen LogP contribution is -2.35. The number of fused-ring (bicyclic) bond motifs is 1. The van der Waals surface area contributed by atoms with Crippen LogP contribution in [0.1, 0.15) is 37.7 Å². The van der Waals surface area contributed by atoms with Crippen molar-refractivity contribution in [3.8, 4) is 22.8 Å². The molecule has 3 aromatic rings. The summed E-state index contributed by atoms with van der Waals surface area (Å²) in [6.07, 6.45) is 12.8. The monoisotopic (exact) mass is 452 g/mol. The molecule has 0 amide bonds. The number of ether oxygens (including phenoxy) is 2. The van der Waals surface area contributed by atoms with E-state index in [1.165, 1.54) is 37.9 Å². The smallest absolute Gasteiger partial charge is 0.166 e. The Morgan fingerprint density at radius 3 is 2.25 bits per heavy atom. The number of anilines is 1. The summed E-state index contributed by atoms with van der Waals surface area (Å²) >= 11 is 1.71. The first-order valence-corrected chi connectivity index (χ1v) is 12.7. The Labute approximate surface area is 194 Å². The van der Waals surface area contributed by atoms with Crippen molar-refractivity contribution in [2.45, 2.75) is 44.1 Å². The second-order valence-corrected chi connectivity index (χ2v) is 9.90. The molecule has 2 fully saturated rings. The highest BCUT2D eigenvalue weighted by atomic mass is 32.2. The quantitative estimate of drug-likeness (QED) is 0.402. The molecule has 0 unspecified atom stereocenters. The van der Waals surface area contributed by atoms with Gasteiger partial charge >= 0.3 is 0 Å². The standard InChI is InChI=1S/C25H32N4O2S/c1-16-12-19(30-2)21(20(13-16)31-3)22-23-27-24(32-4)25(29(23)11-10-26-22)28(15-18-8-9-18)14-17-6-5-7-17/h10-13,17-18H,5-9,14-15H2,1-4H3. The predicted molar refractivity (Wildman–Crippen MR) is 130 cm³/mol. The van der Waals surface area contributed by atoms with Crippen LogP contribution in [-0.4, -0.2) is 47.9 Å². The minimum Gasteiger partial charge on any atom is -0.496 e. The Bertz CT molecular complexity index is 1100.